The number of hydrogen-bond donors (Lipinski definition) is 3. The Morgan fingerprint density at radius 2 is 2.19 bits per heavy atom. The zero-order chi connectivity index (χ0) is 12.4. The predicted octanol–water partition coefficient (Wildman–Crippen LogP) is 0.0191. The van der Waals surface area contributed by atoms with Gasteiger partial charge in [-0.25, -0.2) is 0 Å². The number of aliphatic hydroxyl groups excluding tert-OH is 1. The predicted molar refractivity (Wildman–Crippen MR) is 63.0 cm³/mol. The Morgan fingerprint density at radius 3 is 2.75 bits per heavy atom. The summed E-state index contributed by atoms with van der Waals surface area (Å²) in [6.45, 7) is 5.22. The van der Waals surface area contributed by atoms with E-state index in [-0.39, 0.29) is 12.5 Å². The minimum Gasteiger partial charge on any atom is -0.394 e. The van der Waals surface area contributed by atoms with E-state index in [0.29, 0.717) is 26.2 Å². The van der Waals surface area contributed by atoms with E-state index >= 15 is 0 Å². The summed E-state index contributed by atoms with van der Waals surface area (Å²) in [5.41, 5.74) is 5.08. The van der Waals surface area contributed by atoms with Gasteiger partial charge in [0.05, 0.1) is 18.8 Å². The highest BCUT2D eigenvalue weighted by Gasteiger charge is 2.26. The summed E-state index contributed by atoms with van der Waals surface area (Å²) < 4.78 is 5.07. The van der Waals surface area contributed by atoms with Gasteiger partial charge in [-0.15, -0.1) is 0 Å². The van der Waals surface area contributed by atoms with Gasteiger partial charge in [-0.3, -0.25) is 4.79 Å². The Hall–Kier alpha value is -0.650. The Bertz CT molecular complexity index is 196. The van der Waals surface area contributed by atoms with Gasteiger partial charge in [0.25, 0.3) is 0 Å². The van der Waals surface area contributed by atoms with Crippen LogP contribution in [-0.2, 0) is 9.53 Å². The molecule has 0 fully saturated rings. The van der Waals surface area contributed by atoms with E-state index in [0.717, 1.165) is 12.8 Å². The second-order valence-electron chi connectivity index (χ2n) is 4.11. The lowest BCUT2D eigenvalue weighted by Gasteiger charge is -2.22. The van der Waals surface area contributed by atoms with Gasteiger partial charge < -0.3 is 20.9 Å². The van der Waals surface area contributed by atoms with E-state index in [1.165, 1.54) is 0 Å². The van der Waals surface area contributed by atoms with Crippen LogP contribution >= 0.6 is 0 Å². The molecular weight excluding hydrogens is 208 g/mol. The van der Waals surface area contributed by atoms with Gasteiger partial charge in [0.2, 0.25) is 5.91 Å². The molecule has 1 atom stereocenters. The molecule has 0 rings (SSSR count). The van der Waals surface area contributed by atoms with Crippen LogP contribution in [0.5, 0.6) is 0 Å². The fourth-order valence-electron chi connectivity index (χ4n) is 1.38. The van der Waals surface area contributed by atoms with E-state index in [9.17, 15) is 4.79 Å². The molecule has 0 aliphatic carbocycles. The van der Waals surface area contributed by atoms with Crippen molar-refractivity contribution in [2.24, 2.45) is 5.73 Å². The number of amides is 1. The molecule has 0 saturated heterocycles. The maximum absolute atomic E-state index is 11.6. The zero-order valence-electron chi connectivity index (χ0n) is 10.3. The normalized spacial score (nSPS) is 14.5. The molecule has 0 aromatic heterocycles. The van der Waals surface area contributed by atoms with Gasteiger partial charge in [0, 0.05) is 13.2 Å². The third kappa shape index (κ3) is 6.76. The van der Waals surface area contributed by atoms with Gasteiger partial charge in [-0.1, -0.05) is 13.3 Å². The molecule has 0 heterocycles. The van der Waals surface area contributed by atoms with Crippen molar-refractivity contribution in [2.75, 3.05) is 26.4 Å². The molecule has 0 aromatic carbocycles. The Balaban J connectivity index is 3.57. The molecule has 0 aliphatic rings. The maximum Gasteiger partial charge on any atom is 0.239 e. The molecule has 0 radical (unpaired) electrons. The lowest BCUT2D eigenvalue weighted by molar-refractivity contribution is -0.126. The van der Waals surface area contributed by atoms with E-state index in [1.807, 2.05) is 6.92 Å². The van der Waals surface area contributed by atoms with Crippen LogP contribution in [0.1, 0.15) is 33.1 Å². The summed E-state index contributed by atoms with van der Waals surface area (Å²) >= 11 is 0. The molecule has 0 spiro atoms. The average molecular weight is 232 g/mol. The van der Waals surface area contributed by atoms with E-state index in [4.69, 9.17) is 15.6 Å². The van der Waals surface area contributed by atoms with Gasteiger partial charge in [-0.2, -0.15) is 0 Å². The first kappa shape index (κ1) is 15.3. The number of hydrogen-bond acceptors (Lipinski definition) is 4. The summed E-state index contributed by atoms with van der Waals surface area (Å²) in [7, 11) is 0. The highest BCUT2D eigenvalue weighted by atomic mass is 16.5. The third-order valence-electron chi connectivity index (χ3n) is 2.27. The number of ether oxygens (including phenoxy) is 1. The monoisotopic (exact) mass is 232 g/mol. The summed E-state index contributed by atoms with van der Waals surface area (Å²) in [6, 6.07) is 0. The van der Waals surface area contributed by atoms with Crippen LogP contribution < -0.4 is 11.1 Å². The van der Waals surface area contributed by atoms with Crippen LogP contribution in [0.4, 0.5) is 0 Å². The quantitative estimate of drug-likeness (QED) is 0.489. The number of carbonyl (C=O) groups is 1. The van der Waals surface area contributed by atoms with Crippen LogP contribution in [0.2, 0.25) is 0 Å². The molecule has 1 unspecified atom stereocenters. The van der Waals surface area contributed by atoms with Crippen LogP contribution in [0.15, 0.2) is 0 Å². The number of nitrogens with one attached hydrogen (secondary N) is 1. The summed E-state index contributed by atoms with van der Waals surface area (Å²) in [6.07, 6.45) is 2.30. The van der Waals surface area contributed by atoms with Gasteiger partial charge in [0.1, 0.15) is 0 Å². The Morgan fingerprint density at radius 1 is 1.50 bits per heavy atom. The second kappa shape index (κ2) is 8.50. The second-order valence-corrected chi connectivity index (χ2v) is 4.11. The SMILES string of the molecule is CCCC(C)(N)C(=O)NCCCOCCO. The molecular formula is C11H24N2O3. The summed E-state index contributed by atoms with van der Waals surface area (Å²) in [5.74, 6) is -0.114. The van der Waals surface area contributed by atoms with Crippen molar-refractivity contribution in [2.45, 2.75) is 38.6 Å². The summed E-state index contributed by atoms with van der Waals surface area (Å²) in [4.78, 5) is 11.6. The van der Waals surface area contributed by atoms with Crippen molar-refractivity contribution < 1.29 is 14.6 Å². The van der Waals surface area contributed by atoms with Crippen molar-refractivity contribution in [3.63, 3.8) is 0 Å². The first-order chi connectivity index (χ1) is 7.54. The largest absolute Gasteiger partial charge is 0.394 e. The Kier molecular flexibility index (Phi) is 8.15. The lowest BCUT2D eigenvalue weighted by atomic mass is 9.96. The average Bonchev–Trinajstić information content (AvgIpc) is 2.22. The molecule has 5 nitrogen and oxygen atoms in total. The highest BCUT2D eigenvalue weighted by Crippen LogP contribution is 2.07. The van der Waals surface area contributed by atoms with Crippen LogP contribution in [0.25, 0.3) is 0 Å². The van der Waals surface area contributed by atoms with Crippen LogP contribution in [0, 0.1) is 0 Å². The fourth-order valence-corrected chi connectivity index (χ4v) is 1.38. The Labute approximate surface area is 97.3 Å². The molecule has 0 bridgehead atoms. The molecule has 0 saturated carbocycles. The molecule has 0 aliphatic heterocycles. The molecule has 4 N–H and O–H groups in total. The standard InChI is InChI=1S/C11H24N2O3/c1-3-5-11(2,12)10(15)13-6-4-8-16-9-7-14/h14H,3-9,12H2,1-2H3,(H,13,15). The van der Waals surface area contributed by atoms with Crippen molar-refractivity contribution in [1.29, 1.82) is 0 Å². The first-order valence-electron chi connectivity index (χ1n) is 5.80. The molecule has 16 heavy (non-hydrogen) atoms. The lowest BCUT2D eigenvalue weighted by Crippen LogP contribution is -2.51. The van der Waals surface area contributed by atoms with E-state index in [2.05, 4.69) is 5.32 Å². The minimum atomic E-state index is -0.777. The number of carbonyl (C=O) groups excluding carboxylic acids is 1. The smallest absolute Gasteiger partial charge is 0.239 e. The van der Waals surface area contributed by atoms with Gasteiger partial charge in [0.15, 0.2) is 0 Å². The molecule has 1 amide bonds. The van der Waals surface area contributed by atoms with Crippen LogP contribution in [-0.4, -0.2) is 42.9 Å². The molecule has 0 aromatic rings. The number of aliphatic hydroxyl groups is 1. The number of nitrogens with two attached hydrogens (primary N) is 1. The fraction of sp³-hybridized carbons (Fsp3) is 0.909. The topological polar surface area (TPSA) is 84.6 Å². The molecule has 5 heteroatoms. The zero-order valence-corrected chi connectivity index (χ0v) is 10.3. The third-order valence-corrected chi connectivity index (χ3v) is 2.27. The van der Waals surface area contributed by atoms with E-state index in [1.54, 1.807) is 6.92 Å². The van der Waals surface area contributed by atoms with Crippen molar-refractivity contribution >= 4 is 5.91 Å². The first-order valence-corrected chi connectivity index (χ1v) is 5.80. The maximum atomic E-state index is 11.6. The van der Waals surface area contributed by atoms with Crippen molar-refractivity contribution in [3.8, 4) is 0 Å². The van der Waals surface area contributed by atoms with Gasteiger partial charge in [-0.05, 0) is 19.8 Å². The van der Waals surface area contributed by atoms with Gasteiger partial charge >= 0.3 is 0 Å². The van der Waals surface area contributed by atoms with Crippen molar-refractivity contribution in [1.82, 2.24) is 5.32 Å². The highest BCUT2D eigenvalue weighted by molar-refractivity contribution is 5.85. The number of rotatable bonds is 9. The van der Waals surface area contributed by atoms with Crippen molar-refractivity contribution in [3.05, 3.63) is 0 Å². The van der Waals surface area contributed by atoms with Crippen LogP contribution in [0.3, 0.4) is 0 Å². The molecule has 96 valence electrons. The summed E-state index contributed by atoms with van der Waals surface area (Å²) in [5, 5.41) is 11.2. The minimum absolute atomic E-state index is 0.0315. The van der Waals surface area contributed by atoms with E-state index < -0.39 is 5.54 Å².